The van der Waals surface area contributed by atoms with Crippen LogP contribution >= 0.6 is 0 Å². The summed E-state index contributed by atoms with van der Waals surface area (Å²) in [6.45, 7) is 11.2. The molecule has 1 fully saturated rings. The van der Waals surface area contributed by atoms with E-state index >= 15 is 0 Å². The summed E-state index contributed by atoms with van der Waals surface area (Å²) in [6.07, 6.45) is 8.12. The summed E-state index contributed by atoms with van der Waals surface area (Å²) in [4.78, 5) is 0. The molecule has 0 atom stereocenters. The largest absolute Gasteiger partial charge is 0.316 e. The Hall–Kier alpha value is -0.0900. The summed E-state index contributed by atoms with van der Waals surface area (Å²) in [6, 6.07) is 0. The zero-order chi connectivity index (χ0) is 16.1. The van der Waals surface area contributed by atoms with Crippen molar-refractivity contribution in [2.24, 2.45) is 16.7 Å². The summed E-state index contributed by atoms with van der Waals surface area (Å²) in [7, 11) is -2.86. The molecule has 21 heavy (non-hydrogen) atoms. The van der Waals surface area contributed by atoms with Crippen molar-refractivity contribution in [2.45, 2.75) is 66.2 Å². The second kappa shape index (κ2) is 7.45. The molecule has 1 aliphatic rings. The summed E-state index contributed by atoms with van der Waals surface area (Å²) in [5.74, 6) is 1.11. The summed E-state index contributed by atoms with van der Waals surface area (Å²) in [5, 5.41) is 3.54. The van der Waals surface area contributed by atoms with E-state index in [4.69, 9.17) is 0 Å². The molecule has 1 N–H and O–H groups in total. The molecule has 1 saturated carbocycles. The highest BCUT2D eigenvalue weighted by Gasteiger charge is 2.38. The van der Waals surface area contributed by atoms with Crippen molar-refractivity contribution in [1.82, 2.24) is 5.32 Å². The second-order valence-corrected chi connectivity index (χ2v) is 10.5. The quantitative estimate of drug-likeness (QED) is 0.729. The lowest BCUT2D eigenvalue weighted by molar-refractivity contribution is 0.0839. The Morgan fingerprint density at radius 3 is 2.19 bits per heavy atom. The normalized spacial score (nSPS) is 27.8. The van der Waals surface area contributed by atoms with E-state index in [1.807, 2.05) is 0 Å². The number of nitrogens with one attached hydrogen (secondary N) is 1. The van der Waals surface area contributed by atoms with Gasteiger partial charge in [-0.25, -0.2) is 8.42 Å². The Kier molecular flexibility index (Phi) is 6.73. The predicted molar refractivity (Wildman–Crippen MR) is 91.3 cm³/mol. The molecule has 0 bridgehead atoms. The Bertz CT molecular complexity index is 401. The van der Waals surface area contributed by atoms with Crippen molar-refractivity contribution >= 4 is 9.84 Å². The maximum absolute atomic E-state index is 11.5. The van der Waals surface area contributed by atoms with Gasteiger partial charge in [-0.15, -0.1) is 0 Å². The summed E-state index contributed by atoms with van der Waals surface area (Å²) in [5.41, 5.74) is 0.569. The van der Waals surface area contributed by atoms with E-state index in [1.165, 1.54) is 31.9 Å². The molecule has 1 rings (SSSR count). The van der Waals surface area contributed by atoms with E-state index in [0.29, 0.717) is 11.2 Å². The summed E-state index contributed by atoms with van der Waals surface area (Å²) >= 11 is 0. The molecule has 0 aromatic heterocycles. The minimum absolute atomic E-state index is 0.194. The van der Waals surface area contributed by atoms with Gasteiger partial charge in [0.05, 0.1) is 5.75 Å². The second-order valence-electron chi connectivity index (χ2n) is 8.20. The maximum atomic E-state index is 11.5. The van der Waals surface area contributed by atoms with Crippen LogP contribution in [0.2, 0.25) is 0 Å². The first-order chi connectivity index (χ1) is 9.58. The van der Waals surface area contributed by atoms with Crippen LogP contribution in [0.25, 0.3) is 0 Å². The smallest absolute Gasteiger partial charge is 0.147 e. The topological polar surface area (TPSA) is 46.2 Å². The highest BCUT2D eigenvalue weighted by Crippen LogP contribution is 2.46. The van der Waals surface area contributed by atoms with E-state index in [9.17, 15) is 8.42 Å². The minimum atomic E-state index is -2.86. The number of sulfone groups is 1. The average Bonchev–Trinajstić information content (AvgIpc) is 2.36. The fraction of sp³-hybridized carbons (Fsp3) is 1.00. The van der Waals surface area contributed by atoms with Crippen LogP contribution in [-0.4, -0.2) is 33.5 Å². The van der Waals surface area contributed by atoms with Crippen molar-refractivity contribution in [1.29, 1.82) is 0 Å². The molecule has 0 heterocycles. The lowest BCUT2D eigenvalue weighted by atomic mass is 9.63. The SMILES string of the molecule is CCCNCC1(CCS(C)(=O)=O)CCC(C(C)(C)C)CC1. The molecule has 4 heteroatoms. The van der Waals surface area contributed by atoms with E-state index in [-0.39, 0.29) is 5.41 Å². The molecule has 0 saturated heterocycles. The van der Waals surface area contributed by atoms with Gasteiger partial charge in [-0.05, 0) is 61.8 Å². The fourth-order valence-electron chi connectivity index (χ4n) is 3.54. The lowest BCUT2D eigenvalue weighted by Gasteiger charge is -2.44. The Balaban J connectivity index is 2.66. The van der Waals surface area contributed by atoms with Crippen LogP contribution in [0.1, 0.15) is 66.2 Å². The minimum Gasteiger partial charge on any atom is -0.316 e. The number of hydrogen-bond acceptors (Lipinski definition) is 3. The molecular formula is C17H35NO2S. The van der Waals surface area contributed by atoms with Gasteiger partial charge >= 0.3 is 0 Å². The monoisotopic (exact) mass is 317 g/mol. The van der Waals surface area contributed by atoms with E-state index in [1.54, 1.807) is 0 Å². The molecule has 1 aliphatic carbocycles. The maximum Gasteiger partial charge on any atom is 0.147 e. The predicted octanol–water partition coefficient (Wildman–Crippen LogP) is 3.64. The molecule has 0 radical (unpaired) electrons. The van der Waals surface area contributed by atoms with Gasteiger partial charge in [0.2, 0.25) is 0 Å². The lowest BCUT2D eigenvalue weighted by Crippen LogP contribution is -2.41. The Labute approximate surface area is 132 Å². The van der Waals surface area contributed by atoms with Crippen LogP contribution in [0.5, 0.6) is 0 Å². The first kappa shape index (κ1) is 19.0. The average molecular weight is 318 g/mol. The van der Waals surface area contributed by atoms with Crippen LogP contribution in [0.15, 0.2) is 0 Å². The number of rotatable bonds is 7. The van der Waals surface area contributed by atoms with Crippen LogP contribution in [0.3, 0.4) is 0 Å². The zero-order valence-electron chi connectivity index (χ0n) is 14.7. The van der Waals surface area contributed by atoms with E-state index < -0.39 is 9.84 Å². The molecular weight excluding hydrogens is 282 g/mol. The molecule has 0 aromatic carbocycles. The molecule has 0 aliphatic heterocycles. The highest BCUT2D eigenvalue weighted by molar-refractivity contribution is 7.90. The number of hydrogen-bond donors (Lipinski definition) is 1. The van der Waals surface area contributed by atoms with Gasteiger partial charge in [-0.1, -0.05) is 27.7 Å². The third kappa shape index (κ3) is 6.68. The molecule has 126 valence electrons. The van der Waals surface area contributed by atoms with Gasteiger partial charge in [0.25, 0.3) is 0 Å². The Morgan fingerprint density at radius 1 is 1.19 bits per heavy atom. The van der Waals surface area contributed by atoms with Gasteiger partial charge in [0.15, 0.2) is 0 Å². The van der Waals surface area contributed by atoms with Crippen molar-refractivity contribution in [3.05, 3.63) is 0 Å². The molecule has 0 spiro atoms. The van der Waals surface area contributed by atoms with Crippen molar-refractivity contribution in [2.75, 3.05) is 25.1 Å². The van der Waals surface area contributed by atoms with Gasteiger partial charge in [0, 0.05) is 12.8 Å². The van der Waals surface area contributed by atoms with Crippen molar-refractivity contribution < 1.29 is 8.42 Å². The molecule has 0 unspecified atom stereocenters. The zero-order valence-corrected chi connectivity index (χ0v) is 15.5. The van der Waals surface area contributed by atoms with Crippen molar-refractivity contribution in [3.63, 3.8) is 0 Å². The molecule has 0 aromatic rings. The van der Waals surface area contributed by atoms with Gasteiger partial charge in [0.1, 0.15) is 9.84 Å². The van der Waals surface area contributed by atoms with Crippen LogP contribution in [0, 0.1) is 16.7 Å². The van der Waals surface area contributed by atoms with E-state index in [2.05, 4.69) is 33.0 Å². The van der Waals surface area contributed by atoms with Crippen LogP contribution in [-0.2, 0) is 9.84 Å². The molecule has 3 nitrogen and oxygen atoms in total. The first-order valence-corrected chi connectivity index (χ1v) is 10.5. The van der Waals surface area contributed by atoms with Crippen LogP contribution in [0.4, 0.5) is 0 Å². The third-order valence-electron chi connectivity index (χ3n) is 5.20. The van der Waals surface area contributed by atoms with Gasteiger partial charge in [-0.2, -0.15) is 0 Å². The Morgan fingerprint density at radius 2 is 1.76 bits per heavy atom. The van der Waals surface area contributed by atoms with Gasteiger partial charge < -0.3 is 5.32 Å². The van der Waals surface area contributed by atoms with Crippen molar-refractivity contribution in [3.8, 4) is 0 Å². The van der Waals surface area contributed by atoms with Gasteiger partial charge in [-0.3, -0.25) is 0 Å². The van der Waals surface area contributed by atoms with E-state index in [0.717, 1.165) is 31.8 Å². The fourth-order valence-corrected chi connectivity index (χ4v) is 4.35. The standard InChI is InChI=1S/C17H35NO2S/c1-6-12-18-14-17(11-13-21(5,19)20)9-7-15(8-10-17)16(2,3)4/h15,18H,6-14H2,1-5H3. The summed E-state index contributed by atoms with van der Waals surface area (Å²) < 4.78 is 23.1. The molecule has 0 amide bonds. The highest BCUT2D eigenvalue weighted by atomic mass is 32.2. The first-order valence-electron chi connectivity index (χ1n) is 8.46. The van der Waals surface area contributed by atoms with Crippen LogP contribution < -0.4 is 5.32 Å². The third-order valence-corrected chi connectivity index (χ3v) is 6.15.